The maximum absolute atomic E-state index is 13.9. The third-order valence-electron chi connectivity index (χ3n) is 5.21. The second kappa shape index (κ2) is 10.0. The molecule has 1 saturated heterocycles. The summed E-state index contributed by atoms with van der Waals surface area (Å²) >= 11 is 0. The minimum Gasteiger partial charge on any atom is -0.455 e. The lowest BCUT2D eigenvalue weighted by atomic mass is 9.98. The van der Waals surface area contributed by atoms with Crippen LogP contribution >= 0.6 is 0 Å². The van der Waals surface area contributed by atoms with Gasteiger partial charge in [-0.3, -0.25) is 19.7 Å². The van der Waals surface area contributed by atoms with Crippen molar-refractivity contribution in [1.82, 2.24) is 4.31 Å². The van der Waals surface area contributed by atoms with E-state index >= 15 is 0 Å². The van der Waals surface area contributed by atoms with Crippen LogP contribution in [0.4, 0.5) is 15.8 Å². The SMILES string of the molecule is Cc1ccc(NC(=O)COC(=O)C2CCN(S(=O)(=O)c3ccccc3F)CC2)c([N+](=O)[O-])c1. The molecule has 0 spiro atoms. The zero-order valence-electron chi connectivity index (χ0n) is 17.7. The van der Waals surface area contributed by atoms with Gasteiger partial charge in [0, 0.05) is 19.2 Å². The predicted molar refractivity (Wildman–Crippen MR) is 115 cm³/mol. The number of esters is 1. The Labute approximate surface area is 189 Å². The number of benzene rings is 2. The molecule has 1 amide bonds. The number of anilines is 1. The summed E-state index contributed by atoms with van der Waals surface area (Å²) in [5.41, 5.74) is 0.353. The van der Waals surface area contributed by atoms with E-state index in [0.717, 1.165) is 10.4 Å². The first-order chi connectivity index (χ1) is 15.6. The van der Waals surface area contributed by atoms with E-state index in [4.69, 9.17) is 4.74 Å². The number of carbonyl (C=O) groups excluding carboxylic acids is 2. The van der Waals surface area contributed by atoms with Crippen molar-refractivity contribution in [3.63, 3.8) is 0 Å². The summed E-state index contributed by atoms with van der Waals surface area (Å²) in [7, 11) is -4.03. The van der Waals surface area contributed by atoms with Gasteiger partial charge in [-0.05, 0) is 43.5 Å². The van der Waals surface area contributed by atoms with E-state index < -0.39 is 50.1 Å². The van der Waals surface area contributed by atoms with Crippen LogP contribution in [0.15, 0.2) is 47.4 Å². The zero-order valence-corrected chi connectivity index (χ0v) is 18.5. The van der Waals surface area contributed by atoms with Crippen molar-refractivity contribution in [2.75, 3.05) is 25.0 Å². The Morgan fingerprint density at radius 1 is 1.21 bits per heavy atom. The Kier molecular flexibility index (Phi) is 7.39. The van der Waals surface area contributed by atoms with Gasteiger partial charge in [-0.1, -0.05) is 18.2 Å². The fourth-order valence-electron chi connectivity index (χ4n) is 3.46. The number of nitrogens with one attached hydrogen (secondary N) is 1. The number of amides is 1. The molecule has 1 fully saturated rings. The molecule has 33 heavy (non-hydrogen) atoms. The highest BCUT2D eigenvalue weighted by atomic mass is 32.2. The first kappa shape index (κ1) is 24.3. The molecule has 3 rings (SSSR count). The second-order valence-corrected chi connectivity index (χ2v) is 9.45. The lowest BCUT2D eigenvalue weighted by Crippen LogP contribution is -2.41. The van der Waals surface area contributed by atoms with Crippen LogP contribution in [0.3, 0.4) is 0 Å². The van der Waals surface area contributed by atoms with Gasteiger partial charge < -0.3 is 10.1 Å². The number of aryl methyl sites for hydroxylation is 1. The molecule has 1 heterocycles. The number of rotatable bonds is 7. The van der Waals surface area contributed by atoms with Crippen LogP contribution in [0.25, 0.3) is 0 Å². The summed E-state index contributed by atoms with van der Waals surface area (Å²) in [5.74, 6) is -2.89. The third-order valence-corrected chi connectivity index (χ3v) is 7.14. The van der Waals surface area contributed by atoms with Crippen LogP contribution in [-0.4, -0.2) is 49.2 Å². The molecule has 12 heteroatoms. The van der Waals surface area contributed by atoms with Crippen molar-refractivity contribution in [1.29, 1.82) is 0 Å². The van der Waals surface area contributed by atoms with Crippen molar-refractivity contribution < 1.29 is 32.1 Å². The van der Waals surface area contributed by atoms with Gasteiger partial charge in [-0.25, -0.2) is 12.8 Å². The lowest BCUT2D eigenvalue weighted by molar-refractivity contribution is -0.384. The molecule has 1 aliphatic heterocycles. The highest BCUT2D eigenvalue weighted by molar-refractivity contribution is 7.89. The number of nitro benzene ring substituents is 1. The van der Waals surface area contributed by atoms with Gasteiger partial charge in [0.2, 0.25) is 10.0 Å². The van der Waals surface area contributed by atoms with Gasteiger partial charge in [0.05, 0.1) is 10.8 Å². The number of halogens is 1. The molecule has 0 aliphatic carbocycles. The summed E-state index contributed by atoms with van der Waals surface area (Å²) in [6.07, 6.45) is 0.301. The van der Waals surface area contributed by atoms with Crippen LogP contribution < -0.4 is 5.32 Å². The molecular formula is C21H22FN3O7S. The summed E-state index contributed by atoms with van der Waals surface area (Å²) < 4.78 is 45.3. The van der Waals surface area contributed by atoms with E-state index in [0.29, 0.717) is 5.56 Å². The van der Waals surface area contributed by atoms with Gasteiger partial charge in [0.25, 0.3) is 11.6 Å². The minimum absolute atomic E-state index is 0.00179. The van der Waals surface area contributed by atoms with Crippen LogP contribution in [-0.2, 0) is 24.3 Å². The van der Waals surface area contributed by atoms with Crippen molar-refractivity contribution in [2.45, 2.75) is 24.7 Å². The zero-order chi connectivity index (χ0) is 24.2. The first-order valence-corrected chi connectivity index (χ1v) is 11.5. The molecule has 1 aliphatic rings. The van der Waals surface area contributed by atoms with E-state index in [2.05, 4.69) is 5.32 Å². The minimum atomic E-state index is -4.03. The van der Waals surface area contributed by atoms with Crippen molar-refractivity contribution in [3.8, 4) is 0 Å². The Morgan fingerprint density at radius 2 is 1.88 bits per heavy atom. The molecule has 2 aromatic carbocycles. The van der Waals surface area contributed by atoms with Crippen LogP contribution in [0.2, 0.25) is 0 Å². The Bertz CT molecular complexity index is 1180. The molecule has 0 aromatic heterocycles. The number of piperidine rings is 1. The van der Waals surface area contributed by atoms with E-state index in [-0.39, 0.29) is 37.3 Å². The van der Waals surface area contributed by atoms with Crippen LogP contribution in [0.1, 0.15) is 18.4 Å². The fourth-order valence-corrected chi connectivity index (χ4v) is 5.00. The molecule has 0 atom stereocenters. The van der Waals surface area contributed by atoms with E-state index in [1.807, 2.05) is 0 Å². The average molecular weight is 479 g/mol. The molecule has 0 saturated carbocycles. The number of hydrogen-bond donors (Lipinski definition) is 1. The summed E-state index contributed by atoms with van der Waals surface area (Å²) in [6, 6.07) is 9.36. The van der Waals surface area contributed by atoms with Gasteiger partial charge in [-0.2, -0.15) is 4.31 Å². The molecule has 1 N–H and O–H groups in total. The van der Waals surface area contributed by atoms with Gasteiger partial charge in [-0.15, -0.1) is 0 Å². The van der Waals surface area contributed by atoms with Gasteiger partial charge in [0.15, 0.2) is 6.61 Å². The first-order valence-electron chi connectivity index (χ1n) is 10.1. The van der Waals surface area contributed by atoms with Crippen LogP contribution in [0.5, 0.6) is 0 Å². The monoisotopic (exact) mass is 479 g/mol. The molecule has 176 valence electrons. The molecule has 0 bridgehead atoms. The second-order valence-electron chi connectivity index (χ2n) is 7.54. The standard InChI is InChI=1S/C21H22FN3O7S/c1-14-6-7-17(18(12-14)25(28)29)23-20(26)13-32-21(27)15-8-10-24(11-9-15)33(30,31)19-5-3-2-4-16(19)22/h2-7,12,15H,8-11,13H2,1H3,(H,23,26). The molecule has 10 nitrogen and oxygen atoms in total. The molecule has 0 radical (unpaired) electrons. The number of nitro groups is 1. The quantitative estimate of drug-likeness (QED) is 0.366. The Balaban J connectivity index is 1.52. The molecule has 0 unspecified atom stereocenters. The highest BCUT2D eigenvalue weighted by Gasteiger charge is 2.34. The largest absolute Gasteiger partial charge is 0.455 e. The number of sulfonamides is 1. The topological polar surface area (TPSA) is 136 Å². The van der Waals surface area contributed by atoms with Crippen molar-refractivity contribution >= 4 is 33.3 Å². The predicted octanol–water partition coefficient (Wildman–Crippen LogP) is 2.62. The van der Waals surface area contributed by atoms with Gasteiger partial charge >= 0.3 is 5.97 Å². The van der Waals surface area contributed by atoms with E-state index in [9.17, 15) is 32.5 Å². The number of ether oxygens (including phenoxy) is 1. The number of nitrogens with zero attached hydrogens (tertiary/aromatic N) is 2. The number of carbonyl (C=O) groups is 2. The average Bonchev–Trinajstić information content (AvgIpc) is 2.78. The van der Waals surface area contributed by atoms with Crippen molar-refractivity contribution in [2.24, 2.45) is 5.92 Å². The van der Waals surface area contributed by atoms with Crippen molar-refractivity contribution in [3.05, 3.63) is 64.0 Å². The van der Waals surface area contributed by atoms with Crippen LogP contribution in [0, 0.1) is 28.8 Å². The molecule has 2 aromatic rings. The maximum Gasteiger partial charge on any atom is 0.309 e. The Morgan fingerprint density at radius 3 is 2.52 bits per heavy atom. The summed E-state index contributed by atoms with van der Waals surface area (Å²) in [4.78, 5) is 34.5. The smallest absolute Gasteiger partial charge is 0.309 e. The van der Waals surface area contributed by atoms with E-state index in [1.165, 1.54) is 30.3 Å². The third kappa shape index (κ3) is 5.71. The number of hydrogen-bond acceptors (Lipinski definition) is 7. The van der Waals surface area contributed by atoms with Gasteiger partial charge in [0.1, 0.15) is 16.4 Å². The molecular weight excluding hydrogens is 457 g/mol. The van der Waals surface area contributed by atoms with E-state index in [1.54, 1.807) is 13.0 Å². The lowest BCUT2D eigenvalue weighted by Gasteiger charge is -2.30. The summed E-state index contributed by atoms with van der Waals surface area (Å²) in [6.45, 7) is 1.03. The fraction of sp³-hybridized carbons (Fsp3) is 0.333. The summed E-state index contributed by atoms with van der Waals surface area (Å²) in [5, 5.41) is 13.5. The highest BCUT2D eigenvalue weighted by Crippen LogP contribution is 2.27. The maximum atomic E-state index is 13.9. The Hall–Kier alpha value is -3.38. The normalized spacial score (nSPS) is 15.1.